The van der Waals surface area contributed by atoms with Crippen LogP contribution in [-0.4, -0.2) is 12.1 Å². The molecule has 3 rings (SSSR count). The molecule has 2 aromatic carbocycles. The zero-order valence-electron chi connectivity index (χ0n) is 13.9. The van der Waals surface area contributed by atoms with Gasteiger partial charge >= 0.3 is 0 Å². The molecule has 1 aromatic heterocycles. The Morgan fingerprint density at radius 1 is 0.960 bits per heavy atom. The second-order valence-electron chi connectivity index (χ2n) is 5.47. The molecule has 128 valence electrons. The van der Waals surface area contributed by atoms with Crippen LogP contribution in [0, 0.1) is 5.82 Å². The van der Waals surface area contributed by atoms with Crippen molar-refractivity contribution in [2.75, 3.05) is 12.4 Å². The van der Waals surface area contributed by atoms with Gasteiger partial charge in [-0.3, -0.25) is 0 Å². The smallest absolute Gasteiger partial charge is 0.162 e. The first-order chi connectivity index (χ1) is 12.2. The summed E-state index contributed by atoms with van der Waals surface area (Å²) in [4.78, 5) is 4.24. The number of aromatic nitrogens is 1. The number of hydrogen-bond acceptors (Lipinski definition) is 4. The molecule has 0 saturated heterocycles. The number of pyridine rings is 1. The van der Waals surface area contributed by atoms with E-state index in [4.69, 9.17) is 9.47 Å². The third-order valence-electron chi connectivity index (χ3n) is 3.67. The second kappa shape index (κ2) is 8.15. The van der Waals surface area contributed by atoms with Gasteiger partial charge < -0.3 is 14.8 Å². The van der Waals surface area contributed by atoms with E-state index in [0.717, 1.165) is 16.9 Å². The van der Waals surface area contributed by atoms with Crippen molar-refractivity contribution >= 4 is 5.82 Å². The molecule has 1 N–H and O–H groups in total. The summed E-state index contributed by atoms with van der Waals surface area (Å²) in [6.45, 7) is 0.960. The third kappa shape index (κ3) is 4.70. The second-order valence-corrected chi connectivity index (χ2v) is 5.47. The molecule has 0 atom stereocenters. The fraction of sp³-hybridized carbons (Fsp3) is 0.150. The summed E-state index contributed by atoms with van der Waals surface area (Å²) < 4.78 is 24.2. The minimum atomic E-state index is -0.260. The lowest BCUT2D eigenvalue weighted by molar-refractivity contribution is 0.284. The van der Waals surface area contributed by atoms with Gasteiger partial charge in [-0.2, -0.15) is 0 Å². The first-order valence-electron chi connectivity index (χ1n) is 7.93. The van der Waals surface area contributed by atoms with Crippen molar-refractivity contribution in [1.29, 1.82) is 0 Å². The summed E-state index contributed by atoms with van der Waals surface area (Å²) in [5.41, 5.74) is 1.93. The van der Waals surface area contributed by atoms with Gasteiger partial charge in [0.25, 0.3) is 0 Å². The zero-order valence-corrected chi connectivity index (χ0v) is 13.9. The van der Waals surface area contributed by atoms with Crippen molar-refractivity contribution in [1.82, 2.24) is 4.98 Å². The van der Waals surface area contributed by atoms with E-state index in [2.05, 4.69) is 10.3 Å². The Balaban J connectivity index is 1.67. The van der Waals surface area contributed by atoms with E-state index in [1.165, 1.54) is 12.1 Å². The van der Waals surface area contributed by atoms with Gasteiger partial charge in [-0.05, 0) is 47.5 Å². The summed E-state index contributed by atoms with van der Waals surface area (Å²) in [6.07, 6.45) is 1.74. The maximum absolute atomic E-state index is 13.0. The summed E-state index contributed by atoms with van der Waals surface area (Å²) in [6, 6.07) is 17.7. The summed E-state index contributed by atoms with van der Waals surface area (Å²) >= 11 is 0. The molecule has 0 aliphatic rings. The Morgan fingerprint density at radius 2 is 1.76 bits per heavy atom. The maximum atomic E-state index is 13.0. The Bertz CT molecular complexity index is 808. The van der Waals surface area contributed by atoms with Gasteiger partial charge in [-0.25, -0.2) is 9.37 Å². The molecule has 0 unspecified atom stereocenters. The molecule has 0 aliphatic carbocycles. The van der Waals surface area contributed by atoms with E-state index in [1.54, 1.807) is 25.4 Å². The zero-order chi connectivity index (χ0) is 17.5. The number of ether oxygens (including phenoxy) is 2. The van der Waals surface area contributed by atoms with Crippen LogP contribution in [0.5, 0.6) is 11.5 Å². The van der Waals surface area contributed by atoms with Crippen molar-refractivity contribution < 1.29 is 13.9 Å². The lowest BCUT2D eigenvalue weighted by Crippen LogP contribution is -2.03. The molecule has 1 heterocycles. The Labute approximate surface area is 146 Å². The molecule has 25 heavy (non-hydrogen) atoms. The van der Waals surface area contributed by atoms with Crippen LogP contribution in [0.4, 0.5) is 10.2 Å². The molecular formula is C20H19FN2O2. The van der Waals surface area contributed by atoms with E-state index in [-0.39, 0.29) is 5.82 Å². The van der Waals surface area contributed by atoms with Crippen LogP contribution in [0.25, 0.3) is 0 Å². The number of nitrogens with zero attached hydrogens (tertiary/aromatic N) is 1. The number of halogens is 1. The maximum Gasteiger partial charge on any atom is 0.162 e. The van der Waals surface area contributed by atoms with Crippen LogP contribution in [0.1, 0.15) is 11.1 Å². The number of benzene rings is 2. The van der Waals surface area contributed by atoms with Crippen LogP contribution in [0.15, 0.2) is 66.9 Å². The minimum absolute atomic E-state index is 0.260. The van der Waals surface area contributed by atoms with Crippen molar-refractivity contribution in [3.05, 3.63) is 83.8 Å². The lowest BCUT2D eigenvalue weighted by atomic mass is 10.2. The first kappa shape index (κ1) is 16.8. The normalized spacial score (nSPS) is 10.3. The van der Waals surface area contributed by atoms with Crippen LogP contribution in [0.2, 0.25) is 0 Å². The Kier molecular flexibility index (Phi) is 5.46. The van der Waals surface area contributed by atoms with Gasteiger partial charge in [0, 0.05) is 12.7 Å². The van der Waals surface area contributed by atoms with Crippen molar-refractivity contribution in [3.8, 4) is 11.5 Å². The number of hydrogen-bond donors (Lipinski definition) is 1. The average Bonchev–Trinajstić information content (AvgIpc) is 2.67. The standard InChI is InChI=1S/C20H19FN2O2/c1-24-18-10-7-16(13-23-20-4-2-3-11-22-20)12-19(18)25-14-15-5-8-17(21)9-6-15/h2-12H,13-14H2,1H3,(H,22,23). The third-order valence-corrected chi connectivity index (χ3v) is 3.67. The minimum Gasteiger partial charge on any atom is -0.493 e. The van der Waals surface area contributed by atoms with Crippen LogP contribution in [-0.2, 0) is 13.2 Å². The van der Waals surface area contributed by atoms with Gasteiger partial charge in [0.05, 0.1) is 7.11 Å². The van der Waals surface area contributed by atoms with Gasteiger partial charge in [-0.1, -0.05) is 24.3 Å². The molecule has 5 heteroatoms. The van der Waals surface area contributed by atoms with Gasteiger partial charge in [-0.15, -0.1) is 0 Å². The highest BCUT2D eigenvalue weighted by molar-refractivity contribution is 5.44. The van der Waals surface area contributed by atoms with Crippen molar-refractivity contribution in [2.45, 2.75) is 13.2 Å². The molecule has 0 saturated carbocycles. The summed E-state index contributed by atoms with van der Waals surface area (Å²) in [7, 11) is 1.60. The highest BCUT2D eigenvalue weighted by Gasteiger charge is 2.07. The van der Waals surface area contributed by atoms with Crippen LogP contribution < -0.4 is 14.8 Å². The molecule has 0 bridgehead atoms. The summed E-state index contributed by atoms with van der Waals surface area (Å²) in [5, 5.41) is 3.26. The topological polar surface area (TPSA) is 43.4 Å². The number of rotatable bonds is 7. The fourth-order valence-electron chi connectivity index (χ4n) is 2.35. The van der Waals surface area contributed by atoms with Crippen LogP contribution >= 0.6 is 0 Å². The van der Waals surface area contributed by atoms with E-state index in [0.29, 0.717) is 24.7 Å². The Morgan fingerprint density at radius 3 is 2.48 bits per heavy atom. The Hall–Kier alpha value is -3.08. The quantitative estimate of drug-likeness (QED) is 0.692. The molecule has 0 fully saturated rings. The number of nitrogens with one attached hydrogen (secondary N) is 1. The number of methoxy groups -OCH3 is 1. The molecule has 3 aromatic rings. The van der Waals surface area contributed by atoms with Crippen molar-refractivity contribution in [3.63, 3.8) is 0 Å². The lowest BCUT2D eigenvalue weighted by Gasteiger charge is -2.13. The highest BCUT2D eigenvalue weighted by Crippen LogP contribution is 2.29. The molecule has 0 amide bonds. The fourth-order valence-corrected chi connectivity index (χ4v) is 2.35. The van der Waals surface area contributed by atoms with E-state index < -0.39 is 0 Å². The monoisotopic (exact) mass is 338 g/mol. The molecule has 0 spiro atoms. The van der Waals surface area contributed by atoms with Crippen LogP contribution in [0.3, 0.4) is 0 Å². The predicted octanol–water partition coefficient (Wildman–Crippen LogP) is 4.42. The SMILES string of the molecule is COc1ccc(CNc2ccccn2)cc1OCc1ccc(F)cc1. The van der Waals surface area contributed by atoms with E-state index in [9.17, 15) is 4.39 Å². The van der Waals surface area contributed by atoms with Gasteiger partial charge in [0.15, 0.2) is 11.5 Å². The van der Waals surface area contributed by atoms with Gasteiger partial charge in [0.2, 0.25) is 0 Å². The molecule has 0 radical (unpaired) electrons. The predicted molar refractivity (Wildman–Crippen MR) is 95.3 cm³/mol. The molecule has 4 nitrogen and oxygen atoms in total. The average molecular weight is 338 g/mol. The van der Waals surface area contributed by atoms with E-state index in [1.807, 2.05) is 36.4 Å². The van der Waals surface area contributed by atoms with Crippen molar-refractivity contribution in [2.24, 2.45) is 0 Å². The molecular weight excluding hydrogens is 319 g/mol. The summed E-state index contributed by atoms with van der Waals surface area (Å²) in [5.74, 6) is 1.85. The number of anilines is 1. The highest BCUT2D eigenvalue weighted by atomic mass is 19.1. The first-order valence-corrected chi connectivity index (χ1v) is 7.93. The molecule has 0 aliphatic heterocycles. The largest absolute Gasteiger partial charge is 0.493 e. The van der Waals surface area contributed by atoms with E-state index >= 15 is 0 Å². The van der Waals surface area contributed by atoms with Gasteiger partial charge in [0.1, 0.15) is 18.2 Å².